The molecule has 2 heteroatoms. The van der Waals surface area contributed by atoms with Crippen molar-refractivity contribution in [3.8, 4) is 0 Å². The largest absolute Gasteiger partial charge is 0.344 e. The van der Waals surface area contributed by atoms with Gasteiger partial charge in [-0.1, -0.05) is 41.5 Å². The van der Waals surface area contributed by atoms with E-state index in [1.165, 1.54) is 0 Å². The molecule has 15 heavy (non-hydrogen) atoms. The summed E-state index contributed by atoms with van der Waals surface area (Å²) in [6, 6.07) is 0. The predicted molar refractivity (Wildman–Crippen MR) is 65.8 cm³/mol. The van der Waals surface area contributed by atoms with Gasteiger partial charge in [-0.15, -0.1) is 0 Å². The SMILES string of the molecule is CCC(C)(C)CN(C=O)CC(C)(C)CC. The van der Waals surface area contributed by atoms with Crippen LogP contribution < -0.4 is 0 Å². The Labute approximate surface area is 95.0 Å². The summed E-state index contributed by atoms with van der Waals surface area (Å²) in [7, 11) is 0. The fourth-order valence-corrected chi connectivity index (χ4v) is 1.45. The maximum Gasteiger partial charge on any atom is 0.209 e. The molecule has 0 aromatic heterocycles. The molecular formula is C13H27NO. The highest BCUT2D eigenvalue weighted by molar-refractivity contribution is 5.47. The maximum absolute atomic E-state index is 11.0. The lowest BCUT2D eigenvalue weighted by atomic mass is 9.86. The van der Waals surface area contributed by atoms with Crippen LogP contribution in [-0.2, 0) is 4.79 Å². The lowest BCUT2D eigenvalue weighted by Gasteiger charge is -2.34. The Kier molecular flexibility index (Phi) is 5.33. The average molecular weight is 213 g/mol. The molecule has 1 amide bonds. The van der Waals surface area contributed by atoms with Crippen molar-refractivity contribution in [2.75, 3.05) is 13.1 Å². The van der Waals surface area contributed by atoms with Crippen molar-refractivity contribution >= 4 is 6.41 Å². The third-order valence-electron chi connectivity index (χ3n) is 3.33. The maximum atomic E-state index is 11.0. The van der Waals surface area contributed by atoms with Gasteiger partial charge in [-0.05, 0) is 23.7 Å². The fourth-order valence-electron chi connectivity index (χ4n) is 1.45. The van der Waals surface area contributed by atoms with Gasteiger partial charge >= 0.3 is 0 Å². The summed E-state index contributed by atoms with van der Waals surface area (Å²) >= 11 is 0. The molecule has 0 spiro atoms. The molecule has 0 radical (unpaired) electrons. The molecule has 0 aliphatic carbocycles. The highest BCUT2D eigenvalue weighted by Crippen LogP contribution is 2.25. The molecule has 0 fully saturated rings. The highest BCUT2D eigenvalue weighted by Gasteiger charge is 2.24. The Balaban J connectivity index is 4.33. The number of carbonyl (C=O) groups is 1. The van der Waals surface area contributed by atoms with Crippen LogP contribution in [0.5, 0.6) is 0 Å². The molecule has 90 valence electrons. The number of nitrogens with zero attached hydrogens (tertiary/aromatic N) is 1. The van der Waals surface area contributed by atoms with E-state index >= 15 is 0 Å². The van der Waals surface area contributed by atoms with E-state index in [1.807, 2.05) is 4.90 Å². The van der Waals surface area contributed by atoms with Gasteiger partial charge in [0.2, 0.25) is 6.41 Å². The van der Waals surface area contributed by atoms with E-state index in [1.54, 1.807) is 0 Å². The molecule has 0 unspecified atom stereocenters. The minimum Gasteiger partial charge on any atom is -0.344 e. The molecule has 0 aromatic rings. The topological polar surface area (TPSA) is 20.3 Å². The van der Waals surface area contributed by atoms with Gasteiger partial charge in [0.1, 0.15) is 0 Å². The number of hydrogen-bond acceptors (Lipinski definition) is 1. The van der Waals surface area contributed by atoms with E-state index in [4.69, 9.17) is 0 Å². The standard InChI is InChI=1S/C13H27NO/c1-7-12(3,4)9-14(11-15)10-13(5,6)8-2/h11H,7-10H2,1-6H3. The van der Waals surface area contributed by atoms with E-state index in [9.17, 15) is 4.79 Å². The van der Waals surface area contributed by atoms with Crippen LogP contribution in [0.2, 0.25) is 0 Å². The summed E-state index contributed by atoms with van der Waals surface area (Å²) in [6.07, 6.45) is 3.20. The summed E-state index contributed by atoms with van der Waals surface area (Å²) < 4.78 is 0. The zero-order valence-corrected chi connectivity index (χ0v) is 11.3. The predicted octanol–water partition coefficient (Wildman–Crippen LogP) is 3.32. The normalized spacial score (nSPS) is 12.7. The molecular weight excluding hydrogens is 186 g/mol. The molecule has 0 bridgehead atoms. The lowest BCUT2D eigenvalue weighted by Crippen LogP contribution is -2.39. The number of carbonyl (C=O) groups excluding carboxylic acids is 1. The van der Waals surface area contributed by atoms with Crippen molar-refractivity contribution in [2.45, 2.75) is 54.4 Å². The third kappa shape index (κ3) is 5.81. The van der Waals surface area contributed by atoms with E-state index < -0.39 is 0 Å². The molecule has 0 heterocycles. The highest BCUT2D eigenvalue weighted by atomic mass is 16.1. The van der Waals surface area contributed by atoms with E-state index in [0.717, 1.165) is 32.3 Å². The van der Waals surface area contributed by atoms with E-state index in [0.29, 0.717) is 0 Å². The van der Waals surface area contributed by atoms with Gasteiger partial charge in [0, 0.05) is 13.1 Å². The summed E-state index contributed by atoms with van der Waals surface area (Å²) in [5, 5.41) is 0. The molecule has 2 nitrogen and oxygen atoms in total. The summed E-state index contributed by atoms with van der Waals surface area (Å²) in [5.41, 5.74) is 0.454. The Morgan fingerprint density at radius 3 is 1.47 bits per heavy atom. The molecule has 0 aromatic carbocycles. The van der Waals surface area contributed by atoms with Gasteiger partial charge in [0.15, 0.2) is 0 Å². The fraction of sp³-hybridized carbons (Fsp3) is 0.923. The molecule has 0 aliphatic rings. The van der Waals surface area contributed by atoms with Crippen molar-refractivity contribution in [1.29, 1.82) is 0 Å². The van der Waals surface area contributed by atoms with Crippen LogP contribution in [0.25, 0.3) is 0 Å². The van der Waals surface area contributed by atoms with Crippen molar-refractivity contribution in [1.82, 2.24) is 4.90 Å². The second kappa shape index (κ2) is 5.53. The monoisotopic (exact) mass is 213 g/mol. The quantitative estimate of drug-likeness (QED) is 0.594. The number of hydrogen-bond donors (Lipinski definition) is 0. The van der Waals surface area contributed by atoms with Crippen molar-refractivity contribution in [3.63, 3.8) is 0 Å². The van der Waals surface area contributed by atoms with Crippen molar-refractivity contribution < 1.29 is 4.79 Å². The van der Waals surface area contributed by atoms with Gasteiger partial charge in [0.05, 0.1) is 0 Å². The molecule has 0 saturated carbocycles. The van der Waals surface area contributed by atoms with Gasteiger partial charge in [-0.2, -0.15) is 0 Å². The van der Waals surface area contributed by atoms with Crippen LogP contribution in [-0.4, -0.2) is 24.4 Å². The summed E-state index contributed by atoms with van der Waals surface area (Å²) in [6.45, 7) is 14.9. The zero-order valence-electron chi connectivity index (χ0n) is 11.3. The van der Waals surface area contributed by atoms with Crippen LogP contribution in [0.4, 0.5) is 0 Å². The summed E-state index contributed by atoms with van der Waals surface area (Å²) in [4.78, 5) is 12.9. The van der Waals surface area contributed by atoms with Crippen molar-refractivity contribution in [2.24, 2.45) is 10.8 Å². The minimum absolute atomic E-state index is 0.227. The Hall–Kier alpha value is -0.530. The summed E-state index contributed by atoms with van der Waals surface area (Å²) in [5.74, 6) is 0. The van der Waals surface area contributed by atoms with Crippen LogP contribution in [0.3, 0.4) is 0 Å². The average Bonchev–Trinajstić information content (AvgIpc) is 2.16. The van der Waals surface area contributed by atoms with Crippen LogP contribution in [0.15, 0.2) is 0 Å². The van der Waals surface area contributed by atoms with Gasteiger partial charge in [0.25, 0.3) is 0 Å². The van der Waals surface area contributed by atoms with Gasteiger partial charge in [-0.3, -0.25) is 4.79 Å². The van der Waals surface area contributed by atoms with E-state index in [-0.39, 0.29) is 10.8 Å². The molecule has 0 N–H and O–H groups in total. The lowest BCUT2D eigenvalue weighted by molar-refractivity contribution is -0.120. The first-order valence-electron chi connectivity index (χ1n) is 5.95. The molecule has 0 rings (SSSR count). The van der Waals surface area contributed by atoms with Crippen molar-refractivity contribution in [3.05, 3.63) is 0 Å². The second-order valence-electron chi connectivity index (χ2n) is 6.05. The second-order valence-corrected chi connectivity index (χ2v) is 6.05. The third-order valence-corrected chi connectivity index (χ3v) is 3.33. The first kappa shape index (κ1) is 14.5. The number of rotatable bonds is 7. The Morgan fingerprint density at radius 1 is 0.933 bits per heavy atom. The Bertz CT molecular complexity index is 179. The van der Waals surface area contributed by atoms with Crippen LogP contribution in [0, 0.1) is 10.8 Å². The number of amides is 1. The first-order valence-corrected chi connectivity index (χ1v) is 5.95. The molecule has 0 saturated heterocycles. The zero-order chi connectivity index (χ0) is 12.1. The minimum atomic E-state index is 0.227. The smallest absolute Gasteiger partial charge is 0.209 e. The van der Waals surface area contributed by atoms with Gasteiger partial charge in [-0.25, -0.2) is 0 Å². The van der Waals surface area contributed by atoms with E-state index in [2.05, 4.69) is 41.5 Å². The molecule has 0 aliphatic heterocycles. The molecule has 0 atom stereocenters. The van der Waals surface area contributed by atoms with Crippen LogP contribution >= 0.6 is 0 Å². The van der Waals surface area contributed by atoms with Crippen LogP contribution in [0.1, 0.15) is 54.4 Å². The Morgan fingerprint density at radius 2 is 1.27 bits per heavy atom. The van der Waals surface area contributed by atoms with Gasteiger partial charge < -0.3 is 4.90 Å². The first-order chi connectivity index (χ1) is 6.76.